The number of ether oxygens (including phenoxy) is 1. The molecule has 1 amide bonds. The smallest absolute Gasteiger partial charge is 0.355 e. The van der Waals surface area contributed by atoms with Crippen molar-refractivity contribution in [3.05, 3.63) is 87.4 Å². The monoisotopic (exact) mass is 589 g/mol. The first-order valence-corrected chi connectivity index (χ1v) is 13.5. The molecule has 0 spiro atoms. The van der Waals surface area contributed by atoms with Gasteiger partial charge in [0.1, 0.15) is 23.7 Å². The zero-order valence-corrected chi connectivity index (χ0v) is 23.6. The van der Waals surface area contributed by atoms with E-state index in [-0.39, 0.29) is 16.5 Å². The zero-order chi connectivity index (χ0) is 29.8. The number of rotatable bonds is 5. The molecule has 1 aliphatic heterocycles. The minimum atomic E-state index is -0.760. The number of hydrogen-bond donors (Lipinski definition) is 2. The van der Waals surface area contributed by atoms with Crippen molar-refractivity contribution in [2.45, 2.75) is 45.3 Å². The molecule has 0 unspecified atom stereocenters. The van der Waals surface area contributed by atoms with Gasteiger partial charge in [-0.05, 0) is 92.1 Å². The van der Waals surface area contributed by atoms with Crippen LogP contribution in [-0.4, -0.2) is 47.2 Å². The number of halogens is 2. The van der Waals surface area contributed by atoms with E-state index in [1.54, 1.807) is 57.2 Å². The second-order valence-corrected chi connectivity index (χ2v) is 11.4. The standard InChI is InChI=1S/C29H25ClFN7O4/c1-29(2,3)42-28(41)21-12-15-10-17(4-7-20(15)34-21)33-27(40)23-8-5-18-11-16(13-24(39)38(18)23)25-22(37-14-32-35-36-37)9-6-19(30)26(25)31/h4,6-7,9-14,23,34H,5,8H2,1-3H3,(H,33,40)/t23-/m0/s1. The van der Waals surface area contributed by atoms with E-state index in [4.69, 9.17) is 16.3 Å². The molecule has 1 atom stereocenters. The number of carbonyl (C=O) groups excluding carboxylic acids is 2. The van der Waals surface area contributed by atoms with E-state index >= 15 is 4.39 Å². The Morgan fingerprint density at radius 3 is 2.69 bits per heavy atom. The Kier molecular flexibility index (Phi) is 6.65. The molecule has 1 aliphatic rings. The summed E-state index contributed by atoms with van der Waals surface area (Å²) in [5.41, 5.74) is 1.70. The van der Waals surface area contributed by atoms with Crippen LogP contribution in [0.3, 0.4) is 0 Å². The summed E-state index contributed by atoms with van der Waals surface area (Å²) in [6, 6.07) is 12.0. The molecular formula is C29H25ClFN7O4. The van der Waals surface area contributed by atoms with Crippen LogP contribution in [0.2, 0.25) is 5.02 Å². The lowest BCUT2D eigenvalue weighted by molar-refractivity contribution is -0.119. The number of tetrazole rings is 1. The highest BCUT2D eigenvalue weighted by molar-refractivity contribution is 6.31. The van der Waals surface area contributed by atoms with E-state index in [9.17, 15) is 14.4 Å². The van der Waals surface area contributed by atoms with Gasteiger partial charge in [-0.2, -0.15) is 4.68 Å². The molecule has 6 rings (SSSR count). The van der Waals surface area contributed by atoms with Gasteiger partial charge in [0, 0.05) is 33.9 Å². The lowest BCUT2D eigenvalue weighted by Gasteiger charge is -2.18. The summed E-state index contributed by atoms with van der Waals surface area (Å²) in [5.74, 6) is -1.56. The quantitative estimate of drug-likeness (QED) is 0.280. The highest BCUT2D eigenvalue weighted by atomic mass is 35.5. The number of amides is 1. The topological polar surface area (TPSA) is 137 Å². The minimum Gasteiger partial charge on any atom is -0.455 e. The van der Waals surface area contributed by atoms with Gasteiger partial charge in [-0.25, -0.2) is 9.18 Å². The molecule has 0 aliphatic carbocycles. The van der Waals surface area contributed by atoms with Gasteiger partial charge < -0.3 is 19.6 Å². The van der Waals surface area contributed by atoms with E-state index in [0.717, 1.165) is 0 Å². The third-order valence-electron chi connectivity index (χ3n) is 6.90. The van der Waals surface area contributed by atoms with Gasteiger partial charge in [0.05, 0.1) is 10.7 Å². The molecule has 3 aromatic heterocycles. The fraction of sp³-hybridized carbons (Fsp3) is 0.241. The summed E-state index contributed by atoms with van der Waals surface area (Å²) in [7, 11) is 0. The van der Waals surface area contributed by atoms with E-state index in [2.05, 4.69) is 25.8 Å². The summed E-state index contributed by atoms with van der Waals surface area (Å²) < 4.78 is 23.4. The van der Waals surface area contributed by atoms with E-state index < -0.39 is 29.0 Å². The first-order valence-electron chi connectivity index (χ1n) is 13.1. The first-order chi connectivity index (χ1) is 20.0. The molecule has 13 heteroatoms. The number of hydrogen-bond acceptors (Lipinski definition) is 7. The van der Waals surface area contributed by atoms with Crippen molar-refractivity contribution in [2.24, 2.45) is 0 Å². The lowest BCUT2D eigenvalue weighted by Crippen LogP contribution is -2.31. The zero-order valence-electron chi connectivity index (χ0n) is 22.8. The van der Waals surface area contributed by atoms with Crippen LogP contribution < -0.4 is 10.9 Å². The van der Waals surface area contributed by atoms with Crippen molar-refractivity contribution in [1.29, 1.82) is 0 Å². The maximum atomic E-state index is 15.3. The highest BCUT2D eigenvalue weighted by Gasteiger charge is 2.31. The second kappa shape index (κ2) is 10.2. The van der Waals surface area contributed by atoms with Crippen LogP contribution in [0, 0.1) is 5.82 Å². The predicted molar refractivity (Wildman–Crippen MR) is 153 cm³/mol. The van der Waals surface area contributed by atoms with Crippen molar-refractivity contribution in [3.8, 4) is 16.8 Å². The number of fused-ring (bicyclic) bond motifs is 2. The Hall–Kier alpha value is -4.84. The Labute approximate surface area is 243 Å². The van der Waals surface area contributed by atoms with Crippen molar-refractivity contribution in [2.75, 3.05) is 5.32 Å². The van der Waals surface area contributed by atoms with Gasteiger partial charge in [-0.1, -0.05) is 11.6 Å². The number of nitrogens with zero attached hydrogens (tertiary/aromatic N) is 5. The minimum absolute atomic E-state index is 0.0776. The largest absolute Gasteiger partial charge is 0.455 e. The molecule has 11 nitrogen and oxygen atoms in total. The maximum Gasteiger partial charge on any atom is 0.355 e. The second-order valence-electron chi connectivity index (χ2n) is 11.0. The van der Waals surface area contributed by atoms with Gasteiger partial charge in [-0.3, -0.25) is 9.59 Å². The number of aryl methyl sites for hydroxylation is 1. The molecule has 42 heavy (non-hydrogen) atoms. The number of esters is 1. The molecule has 0 saturated heterocycles. The van der Waals surface area contributed by atoms with Crippen LogP contribution in [0.1, 0.15) is 49.4 Å². The number of pyridine rings is 1. The fourth-order valence-electron chi connectivity index (χ4n) is 5.14. The maximum absolute atomic E-state index is 15.3. The third kappa shape index (κ3) is 5.05. The Morgan fingerprint density at radius 1 is 1.14 bits per heavy atom. The Bertz CT molecular complexity index is 1930. The van der Waals surface area contributed by atoms with E-state index in [1.807, 2.05) is 0 Å². The van der Waals surface area contributed by atoms with Crippen molar-refractivity contribution in [1.82, 2.24) is 29.8 Å². The summed E-state index contributed by atoms with van der Waals surface area (Å²) >= 11 is 6.08. The average Bonchev–Trinajstić information content (AvgIpc) is 3.68. The van der Waals surface area contributed by atoms with Crippen LogP contribution in [0.25, 0.3) is 27.7 Å². The number of aromatic nitrogens is 6. The van der Waals surface area contributed by atoms with Gasteiger partial charge in [-0.15, -0.1) is 5.10 Å². The molecule has 5 aromatic rings. The molecular weight excluding hydrogens is 565 g/mol. The van der Waals surface area contributed by atoms with E-state index in [0.29, 0.717) is 52.1 Å². The Balaban J connectivity index is 1.27. The number of anilines is 1. The van der Waals surface area contributed by atoms with Crippen molar-refractivity contribution < 1.29 is 18.7 Å². The molecule has 0 bridgehead atoms. The molecule has 4 heterocycles. The lowest BCUT2D eigenvalue weighted by atomic mass is 10.0. The predicted octanol–water partition coefficient (Wildman–Crippen LogP) is 4.85. The Morgan fingerprint density at radius 2 is 1.95 bits per heavy atom. The van der Waals surface area contributed by atoms with Crippen LogP contribution >= 0.6 is 11.6 Å². The fourth-order valence-corrected chi connectivity index (χ4v) is 5.30. The van der Waals surface area contributed by atoms with Gasteiger partial charge >= 0.3 is 5.97 Å². The summed E-state index contributed by atoms with van der Waals surface area (Å²) in [6.07, 6.45) is 2.13. The highest BCUT2D eigenvalue weighted by Crippen LogP contribution is 2.35. The van der Waals surface area contributed by atoms with E-state index in [1.165, 1.54) is 27.7 Å². The first kappa shape index (κ1) is 27.3. The average molecular weight is 590 g/mol. The van der Waals surface area contributed by atoms with Crippen LogP contribution in [0.5, 0.6) is 0 Å². The molecule has 0 saturated carbocycles. The summed E-state index contributed by atoms with van der Waals surface area (Å²) in [4.78, 5) is 42.2. The number of aromatic amines is 1. The summed E-state index contributed by atoms with van der Waals surface area (Å²) in [6.45, 7) is 5.37. The van der Waals surface area contributed by atoms with Crippen LogP contribution in [-0.2, 0) is 16.0 Å². The molecule has 0 fully saturated rings. The molecule has 214 valence electrons. The van der Waals surface area contributed by atoms with Gasteiger partial charge in [0.25, 0.3) is 5.56 Å². The normalized spacial score (nSPS) is 14.6. The van der Waals surface area contributed by atoms with Crippen molar-refractivity contribution >= 4 is 40.1 Å². The molecule has 2 aromatic carbocycles. The number of benzene rings is 2. The number of nitrogens with one attached hydrogen (secondary N) is 2. The van der Waals surface area contributed by atoms with Crippen LogP contribution in [0.4, 0.5) is 10.1 Å². The van der Waals surface area contributed by atoms with Crippen molar-refractivity contribution in [3.63, 3.8) is 0 Å². The number of H-pyrrole nitrogens is 1. The third-order valence-corrected chi connectivity index (χ3v) is 7.19. The van der Waals surface area contributed by atoms with Gasteiger partial charge in [0.15, 0.2) is 5.82 Å². The molecule has 2 N–H and O–H groups in total. The SMILES string of the molecule is CC(C)(C)OC(=O)c1cc2cc(NC(=O)[C@@H]3CCc4cc(-c5c(-n6cnnn6)ccc(Cl)c5F)cc(=O)n43)ccc2[nH]1. The molecule has 0 radical (unpaired) electrons. The van der Waals surface area contributed by atoms with Crippen LogP contribution in [0.15, 0.2) is 59.7 Å². The summed E-state index contributed by atoms with van der Waals surface area (Å²) in [5, 5.41) is 14.5. The van der Waals surface area contributed by atoms with Gasteiger partial charge in [0.2, 0.25) is 5.91 Å². The number of carbonyl (C=O) groups is 2.